The van der Waals surface area contributed by atoms with Crippen molar-refractivity contribution in [1.29, 1.82) is 0 Å². The topological polar surface area (TPSA) is 83.6 Å². The van der Waals surface area contributed by atoms with Gasteiger partial charge in [0.05, 0.1) is 25.6 Å². The molecular formula is C21H24N2O5S. The Morgan fingerprint density at radius 3 is 2.97 bits per heavy atom. The zero-order chi connectivity index (χ0) is 20.5. The molecule has 1 unspecified atom stereocenters. The maximum atomic E-state index is 13.5. The second-order valence-electron chi connectivity index (χ2n) is 7.45. The molecule has 0 saturated carbocycles. The van der Waals surface area contributed by atoms with Gasteiger partial charge in [0.25, 0.3) is 5.56 Å². The Kier molecular flexibility index (Phi) is 5.56. The summed E-state index contributed by atoms with van der Waals surface area (Å²) in [7, 11) is 2.93. The number of furan rings is 1. The molecule has 3 aromatic rings. The number of ether oxygens (including phenoxy) is 2. The lowest BCUT2D eigenvalue weighted by molar-refractivity contribution is 0.0563. The van der Waals surface area contributed by atoms with Crippen LogP contribution in [0.25, 0.3) is 10.2 Å². The summed E-state index contributed by atoms with van der Waals surface area (Å²) in [6.07, 6.45) is 3.53. The second-order valence-corrected chi connectivity index (χ2v) is 8.54. The molecule has 3 heterocycles. The predicted molar refractivity (Wildman–Crippen MR) is 110 cm³/mol. The summed E-state index contributed by atoms with van der Waals surface area (Å²) in [4.78, 5) is 32.1. The van der Waals surface area contributed by atoms with Crippen LogP contribution in [0, 0.1) is 5.92 Å². The number of aromatic nitrogens is 2. The number of thiophene rings is 1. The molecule has 0 fully saturated rings. The van der Waals surface area contributed by atoms with E-state index in [1.165, 1.54) is 12.0 Å². The monoisotopic (exact) mass is 416 g/mol. The molecule has 0 radical (unpaired) electrons. The van der Waals surface area contributed by atoms with Crippen molar-refractivity contribution in [3.05, 3.63) is 50.3 Å². The molecule has 0 saturated heterocycles. The van der Waals surface area contributed by atoms with E-state index >= 15 is 0 Å². The Balaban J connectivity index is 1.80. The Morgan fingerprint density at radius 1 is 1.38 bits per heavy atom. The minimum Gasteiger partial charge on any atom is -0.463 e. The van der Waals surface area contributed by atoms with Crippen molar-refractivity contribution in [3.63, 3.8) is 0 Å². The molecule has 0 aromatic carbocycles. The van der Waals surface area contributed by atoms with Crippen LogP contribution in [0.15, 0.2) is 21.3 Å². The van der Waals surface area contributed by atoms with E-state index in [4.69, 9.17) is 14.1 Å². The SMILES string of the molecule is COCCc1nc2sc3c(c2c(=O)n1Cc1ccc(C(=O)OC)o1)CCC(C)C3. The summed E-state index contributed by atoms with van der Waals surface area (Å²) in [6, 6.07) is 3.24. The van der Waals surface area contributed by atoms with Crippen LogP contribution in [-0.2, 0) is 35.3 Å². The summed E-state index contributed by atoms with van der Waals surface area (Å²) in [6.45, 7) is 2.92. The molecule has 0 amide bonds. The van der Waals surface area contributed by atoms with Crippen LogP contribution in [0.4, 0.5) is 0 Å². The van der Waals surface area contributed by atoms with E-state index in [0.717, 1.165) is 35.0 Å². The first kappa shape index (κ1) is 19.8. The van der Waals surface area contributed by atoms with E-state index in [1.54, 1.807) is 35.1 Å². The van der Waals surface area contributed by atoms with E-state index < -0.39 is 5.97 Å². The molecule has 3 aromatic heterocycles. The van der Waals surface area contributed by atoms with Crippen LogP contribution in [0.1, 0.15) is 45.9 Å². The van der Waals surface area contributed by atoms with Gasteiger partial charge in [0.1, 0.15) is 16.4 Å². The molecule has 154 valence electrons. The number of carbonyl (C=O) groups excluding carboxylic acids is 1. The molecule has 0 spiro atoms. The average Bonchev–Trinajstić information content (AvgIpc) is 3.32. The maximum Gasteiger partial charge on any atom is 0.373 e. The highest BCUT2D eigenvalue weighted by Gasteiger charge is 2.25. The van der Waals surface area contributed by atoms with Crippen molar-refractivity contribution < 1.29 is 18.7 Å². The van der Waals surface area contributed by atoms with Gasteiger partial charge in [-0.15, -0.1) is 11.3 Å². The quantitative estimate of drug-likeness (QED) is 0.574. The van der Waals surface area contributed by atoms with Gasteiger partial charge in [-0.1, -0.05) is 6.92 Å². The normalized spacial score (nSPS) is 16.2. The highest BCUT2D eigenvalue weighted by Crippen LogP contribution is 2.36. The molecule has 7 nitrogen and oxygen atoms in total. The molecule has 0 bridgehead atoms. The van der Waals surface area contributed by atoms with Gasteiger partial charge in [-0.05, 0) is 42.9 Å². The van der Waals surface area contributed by atoms with Gasteiger partial charge < -0.3 is 13.9 Å². The van der Waals surface area contributed by atoms with Gasteiger partial charge in [0.2, 0.25) is 5.76 Å². The van der Waals surface area contributed by atoms with Gasteiger partial charge in [-0.2, -0.15) is 0 Å². The average molecular weight is 416 g/mol. The Labute approximate surface area is 172 Å². The summed E-state index contributed by atoms with van der Waals surface area (Å²) in [5, 5.41) is 0.734. The Morgan fingerprint density at radius 2 is 2.21 bits per heavy atom. The largest absolute Gasteiger partial charge is 0.463 e. The van der Waals surface area contributed by atoms with E-state index in [1.807, 2.05) is 0 Å². The molecule has 4 rings (SSSR count). The first-order valence-electron chi connectivity index (χ1n) is 9.71. The van der Waals surface area contributed by atoms with Crippen molar-refractivity contribution >= 4 is 27.5 Å². The van der Waals surface area contributed by atoms with Crippen molar-refractivity contribution in [2.45, 2.75) is 39.2 Å². The lowest BCUT2D eigenvalue weighted by Crippen LogP contribution is -2.27. The number of hydrogen-bond donors (Lipinski definition) is 0. The number of fused-ring (bicyclic) bond motifs is 3. The number of esters is 1. The fraction of sp³-hybridized carbons (Fsp3) is 0.476. The second kappa shape index (κ2) is 8.12. The van der Waals surface area contributed by atoms with E-state index in [2.05, 4.69) is 11.7 Å². The minimum absolute atomic E-state index is 0.0517. The summed E-state index contributed by atoms with van der Waals surface area (Å²) in [5.74, 6) is 1.37. The fourth-order valence-electron chi connectivity index (χ4n) is 3.84. The molecule has 1 aliphatic rings. The van der Waals surface area contributed by atoms with E-state index in [9.17, 15) is 9.59 Å². The summed E-state index contributed by atoms with van der Waals surface area (Å²) >= 11 is 1.64. The number of rotatable bonds is 6. The van der Waals surface area contributed by atoms with Crippen molar-refractivity contribution in [2.24, 2.45) is 5.92 Å². The summed E-state index contributed by atoms with van der Waals surface area (Å²) < 4.78 is 17.1. The van der Waals surface area contributed by atoms with Crippen LogP contribution in [-0.4, -0.2) is 36.3 Å². The number of methoxy groups -OCH3 is 2. The Hall–Kier alpha value is -2.45. The molecule has 1 atom stereocenters. The van der Waals surface area contributed by atoms with Crippen LogP contribution in [0.2, 0.25) is 0 Å². The highest BCUT2D eigenvalue weighted by molar-refractivity contribution is 7.18. The highest BCUT2D eigenvalue weighted by atomic mass is 32.1. The third-order valence-corrected chi connectivity index (χ3v) is 6.53. The zero-order valence-electron chi connectivity index (χ0n) is 16.8. The molecule has 1 aliphatic carbocycles. The van der Waals surface area contributed by atoms with Gasteiger partial charge in [0, 0.05) is 18.4 Å². The number of nitrogens with zero attached hydrogens (tertiary/aromatic N) is 2. The fourth-order valence-corrected chi connectivity index (χ4v) is 5.23. The van der Waals surface area contributed by atoms with E-state index in [0.29, 0.717) is 30.5 Å². The molecule has 0 N–H and O–H groups in total. The van der Waals surface area contributed by atoms with Crippen LogP contribution in [0.5, 0.6) is 0 Å². The van der Waals surface area contributed by atoms with Gasteiger partial charge in [-0.3, -0.25) is 9.36 Å². The van der Waals surface area contributed by atoms with Gasteiger partial charge in [0.15, 0.2) is 0 Å². The first-order valence-corrected chi connectivity index (χ1v) is 10.5. The predicted octanol–water partition coefficient (Wildman–Crippen LogP) is 3.20. The maximum absolute atomic E-state index is 13.5. The zero-order valence-corrected chi connectivity index (χ0v) is 17.6. The van der Waals surface area contributed by atoms with Gasteiger partial charge in [-0.25, -0.2) is 9.78 Å². The van der Waals surface area contributed by atoms with Crippen molar-refractivity contribution in [2.75, 3.05) is 20.8 Å². The van der Waals surface area contributed by atoms with Crippen molar-refractivity contribution in [3.8, 4) is 0 Å². The van der Waals surface area contributed by atoms with Crippen LogP contribution < -0.4 is 5.56 Å². The Bertz CT molecular complexity index is 1110. The molecule has 8 heteroatoms. The number of carbonyl (C=O) groups is 1. The van der Waals surface area contributed by atoms with Crippen molar-refractivity contribution in [1.82, 2.24) is 9.55 Å². The third-order valence-electron chi connectivity index (χ3n) is 5.39. The number of aryl methyl sites for hydroxylation is 1. The molecular weight excluding hydrogens is 392 g/mol. The lowest BCUT2D eigenvalue weighted by Gasteiger charge is -2.17. The lowest BCUT2D eigenvalue weighted by atomic mass is 9.89. The van der Waals surface area contributed by atoms with Crippen LogP contribution in [0.3, 0.4) is 0 Å². The van der Waals surface area contributed by atoms with Gasteiger partial charge >= 0.3 is 5.97 Å². The van der Waals surface area contributed by atoms with E-state index in [-0.39, 0.29) is 17.9 Å². The van der Waals surface area contributed by atoms with Crippen LogP contribution >= 0.6 is 11.3 Å². The molecule has 0 aliphatic heterocycles. The minimum atomic E-state index is -0.544. The standard InChI is InChI=1S/C21H24N2O5S/c1-12-4-6-14-16(10-12)29-19-18(14)20(24)23(17(22-19)8-9-26-2)11-13-5-7-15(28-13)21(25)27-3/h5,7,12H,4,6,8-11H2,1-3H3. The smallest absolute Gasteiger partial charge is 0.373 e. The molecule has 29 heavy (non-hydrogen) atoms. The summed E-state index contributed by atoms with van der Waals surface area (Å²) in [5.41, 5.74) is 1.10. The third kappa shape index (κ3) is 3.74. The number of hydrogen-bond acceptors (Lipinski definition) is 7. The first-order chi connectivity index (χ1) is 14.0.